The number of hydrogen-bond acceptors (Lipinski definition) is 6. The Balaban J connectivity index is 2.51. The summed E-state index contributed by atoms with van der Waals surface area (Å²) < 4.78 is 37.1. The van der Waals surface area contributed by atoms with Gasteiger partial charge in [0, 0.05) is 11.1 Å². The van der Waals surface area contributed by atoms with E-state index in [0.717, 1.165) is 11.8 Å². The molecule has 27 heavy (non-hydrogen) atoms. The van der Waals surface area contributed by atoms with Crippen LogP contribution in [-0.4, -0.2) is 29.9 Å². The van der Waals surface area contributed by atoms with Gasteiger partial charge in [-0.05, 0) is 44.2 Å². The van der Waals surface area contributed by atoms with Crippen LogP contribution in [0.25, 0.3) is 11.3 Å². The number of nitriles is 1. The molecule has 8 heteroatoms. The summed E-state index contributed by atoms with van der Waals surface area (Å²) in [6.07, 6.45) is -2.85. The van der Waals surface area contributed by atoms with Crippen molar-refractivity contribution in [3.05, 3.63) is 41.5 Å². The van der Waals surface area contributed by atoms with E-state index in [-0.39, 0.29) is 22.9 Å². The molecule has 0 N–H and O–H groups in total. The number of carbonyl (C=O) groups is 1. The van der Waals surface area contributed by atoms with Crippen LogP contribution in [0.5, 0.6) is 5.75 Å². The Bertz CT molecular complexity index is 851. The Morgan fingerprint density at radius 3 is 2.52 bits per heavy atom. The van der Waals surface area contributed by atoms with Gasteiger partial charge in [0.25, 0.3) is 6.43 Å². The van der Waals surface area contributed by atoms with E-state index in [4.69, 9.17) is 9.47 Å². The zero-order valence-corrected chi connectivity index (χ0v) is 15.8. The molecule has 0 bridgehead atoms. The second-order valence-electron chi connectivity index (χ2n) is 5.43. The Morgan fingerprint density at radius 1 is 1.33 bits per heavy atom. The summed E-state index contributed by atoms with van der Waals surface area (Å²) in [5.74, 6) is 0.119. The lowest BCUT2D eigenvalue weighted by molar-refractivity contribution is -0.142. The SMILES string of the molecule is CCOC(=O)C(C)Sc1nc(-c2ccc(OC)cc2)cc(C(F)F)c1C#N. The van der Waals surface area contributed by atoms with Crippen LogP contribution in [0, 0.1) is 11.3 Å². The molecule has 142 valence electrons. The van der Waals surface area contributed by atoms with Crippen LogP contribution in [0.4, 0.5) is 8.78 Å². The first-order chi connectivity index (χ1) is 12.9. The molecule has 1 aromatic heterocycles. The summed E-state index contributed by atoms with van der Waals surface area (Å²) in [6.45, 7) is 3.46. The van der Waals surface area contributed by atoms with E-state index in [9.17, 15) is 18.8 Å². The standard InChI is InChI=1S/C19H18F2N2O3S/c1-4-26-19(24)11(2)27-18-15(10-22)14(17(20)21)9-16(23-18)12-5-7-13(25-3)8-6-12/h5-9,11,17H,4H2,1-3H3. The number of hydrogen-bond donors (Lipinski definition) is 0. The summed E-state index contributed by atoms with van der Waals surface area (Å²) in [4.78, 5) is 16.2. The molecule has 1 aromatic carbocycles. The molecule has 0 aliphatic carbocycles. The zero-order valence-electron chi connectivity index (χ0n) is 15.0. The first kappa shape index (κ1) is 20.6. The lowest BCUT2D eigenvalue weighted by Crippen LogP contribution is -2.17. The molecule has 1 heterocycles. The van der Waals surface area contributed by atoms with Crippen molar-refractivity contribution in [1.29, 1.82) is 5.26 Å². The number of carbonyl (C=O) groups excluding carboxylic acids is 1. The third-order valence-corrected chi connectivity index (χ3v) is 4.72. The number of halogens is 2. The summed E-state index contributed by atoms with van der Waals surface area (Å²) in [5, 5.41) is 8.74. The van der Waals surface area contributed by atoms with E-state index in [0.29, 0.717) is 11.3 Å². The first-order valence-electron chi connectivity index (χ1n) is 8.12. The van der Waals surface area contributed by atoms with Crippen molar-refractivity contribution < 1.29 is 23.0 Å². The van der Waals surface area contributed by atoms with Gasteiger partial charge in [0.15, 0.2) is 0 Å². The largest absolute Gasteiger partial charge is 0.497 e. The quantitative estimate of drug-likeness (QED) is 0.506. The minimum Gasteiger partial charge on any atom is -0.497 e. The molecule has 2 rings (SSSR count). The smallest absolute Gasteiger partial charge is 0.319 e. The third-order valence-electron chi connectivity index (χ3n) is 3.66. The van der Waals surface area contributed by atoms with Crippen LogP contribution in [0.2, 0.25) is 0 Å². The Hall–Kier alpha value is -2.66. The fourth-order valence-electron chi connectivity index (χ4n) is 2.30. The van der Waals surface area contributed by atoms with Gasteiger partial charge in [0.05, 0.1) is 25.0 Å². The number of pyridine rings is 1. The lowest BCUT2D eigenvalue weighted by Gasteiger charge is -2.14. The van der Waals surface area contributed by atoms with Crippen LogP contribution < -0.4 is 4.74 Å². The van der Waals surface area contributed by atoms with Gasteiger partial charge in [-0.25, -0.2) is 13.8 Å². The minimum atomic E-state index is -2.85. The van der Waals surface area contributed by atoms with Gasteiger partial charge in [-0.15, -0.1) is 0 Å². The van der Waals surface area contributed by atoms with Gasteiger partial charge < -0.3 is 9.47 Å². The van der Waals surface area contributed by atoms with Crippen molar-refractivity contribution in [3.8, 4) is 23.1 Å². The molecule has 0 spiro atoms. The molecule has 5 nitrogen and oxygen atoms in total. The maximum Gasteiger partial charge on any atom is 0.319 e. The number of ether oxygens (including phenoxy) is 2. The van der Waals surface area contributed by atoms with Crippen molar-refractivity contribution in [3.63, 3.8) is 0 Å². The minimum absolute atomic E-state index is 0.0710. The third kappa shape index (κ3) is 4.95. The molecular weight excluding hydrogens is 374 g/mol. The van der Waals surface area contributed by atoms with Gasteiger partial charge >= 0.3 is 5.97 Å². The van der Waals surface area contributed by atoms with E-state index < -0.39 is 23.2 Å². The highest BCUT2D eigenvalue weighted by atomic mass is 32.2. The molecular formula is C19H18F2N2O3S. The number of aromatic nitrogens is 1. The molecule has 1 unspecified atom stereocenters. The fourth-order valence-corrected chi connectivity index (χ4v) is 3.23. The lowest BCUT2D eigenvalue weighted by atomic mass is 10.1. The summed E-state index contributed by atoms with van der Waals surface area (Å²) in [7, 11) is 1.52. The summed E-state index contributed by atoms with van der Waals surface area (Å²) in [6, 6.07) is 9.73. The molecule has 0 aliphatic heterocycles. The highest BCUT2D eigenvalue weighted by molar-refractivity contribution is 8.00. The number of esters is 1. The number of nitrogens with zero attached hydrogens (tertiary/aromatic N) is 2. The molecule has 0 amide bonds. The number of thioether (sulfide) groups is 1. The Labute approximate surface area is 160 Å². The fraction of sp³-hybridized carbons (Fsp3) is 0.316. The van der Waals surface area contributed by atoms with Crippen LogP contribution >= 0.6 is 11.8 Å². The molecule has 0 fully saturated rings. The van der Waals surface area contributed by atoms with Crippen LogP contribution in [-0.2, 0) is 9.53 Å². The topological polar surface area (TPSA) is 72.2 Å². The molecule has 0 saturated heterocycles. The van der Waals surface area contributed by atoms with Crippen LogP contribution in [0.1, 0.15) is 31.4 Å². The van der Waals surface area contributed by atoms with Crippen molar-refractivity contribution in [2.75, 3.05) is 13.7 Å². The average Bonchev–Trinajstić information content (AvgIpc) is 2.67. The van der Waals surface area contributed by atoms with Gasteiger partial charge in [0.1, 0.15) is 22.1 Å². The second kappa shape index (κ2) is 9.33. The first-order valence-corrected chi connectivity index (χ1v) is 9.00. The van der Waals surface area contributed by atoms with Gasteiger partial charge in [0.2, 0.25) is 0 Å². The number of methoxy groups -OCH3 is 1. The normalized spacial score (nSPS) is 11.7. The van der Waals surface area contributed by atoms with E-state index in [1.54, 1.807) is 44.2 Å². The van der Waals surface area contributed by atoms with E-state index >= 15 is 0 Å². The highest BCUT2D eigenvalue weighted by Crippen LogP contribution is 2.35. The number of rotatable bonds is 7. The predicted molar refractivity (Wildman–Crippen MR) is 97.8 cm³/mol. The zero-order chi connectivity index (χ0) is 20.0. The van der Waals surface area contributed by atoms with Crippen molar-refractivity contribution in [2.45, 2.75) is 30.5 Å². The van der Waals surface area contributed by atoms with Gasteiger partial charge in [-0.2, -0.15) is 5.26 Å². The van der Waals surface area contributed by atoms with Crippen molar-refractivity contribution in [2.24, 2.45) is 0 Å². The van der Waals surface area contributed by atoms with Crippen LogP contribution in [0.3, 0.4) is 0 Å². The highest BCUT2D eigenvalue weighted by Gasteiger charge is 2.24. The molecule has 0 saturated carbocycles. The van der Waals surface area contributed by atoms with Crippen molar-refractivity contribution in [1.82, 2.24) is 4.98 Å². The van der Waals surface area contributed by atoms with Gasteiger partial charge in [-0.1, -0.05) is 11.8 Å². The van der Waals surface area contributed by atoms with Crippen molar-refractivity contribution >= 4 is 17.7 Å². The monoisotopic (exact) mass is 392 g/mol. The molecule has 1 atom stereocenters. The molecule has 0 aliphatic rings. The van der Waals surface area contributed by atoms with E-state index in [1.165, 1.54) is 13.2 Å². The number of benzene rings is 1. The van der Waals surface area contributed by atoms with Crippen LogP contribution in [0.15, 0.2) is 35.4 Å². The molecule has 2 aromatic rings. The maximum absolute atomic E-state index is 13.5. The Kier molecular flexibility index (Phi) is 7.13. The molecule has 0 radical (unpaired) electrons. The summed E-state index contributed by atoms with van der Waals surface area (Å²) in [5.41, 5.74) is 0.221. The van der Waals surface area contributed by atoms with E-state index in [2.05, 4.69) is 4.98 Å². The predicted octanol–water partition coefficient (Wildman–Crippen LogP) is 4.61. The average molecular weight is 392 g/mol. The second-order valence-corrected chi connectivity index (χ2v) is 6.76. The summed E-state index contributed by atoms with van der Waals surface area (Å²) >= 11 is 0.925. The van der Waals surface area contributed by atoms with E-state index in [1.807, 2.05) is 0 Å². The number of alkyl halides is 2. The maximum atomic E-state index is 13.5. The van der Waals surface area contributed by atoms with Gasteiger partial charge in [-0.3, -0.25) is 4.79 Å². The Morgan fingerprint density at radius 2 is 2.00 bits per heavy atom.